The SMILES string of the molecule is CCCNC1=CC(=O)NC1c1ccccc1. The highest BCUT2D eigenvalue weighted by molar-refractivity contribution is 5.91. The maximum absolute atomic E-state index is 11.4. The smallest absolute Gasteiger partial charge is 0.246 e. The van der Waals surface area contributed by atoms with Crippen LogP contribution in [0.2, 0.25) is 0 Å². The van der Waals surface area contributed by atoms with Crippen LogP contribution in [0, 0.1) is 0 Å². The van der Waals surface area contributed by atoms with Gasteiger partial charge in [0.05, 0.1) is 6.04 Å². The first-order valence-corrected chi connectivity index (χ1v) is 5.62. The van der Waals surface area contributed by atoms with E-state index in [1.165, 1.54) is 0 Å². The van der Waals surface area contributed by atoms with Gasteiger partial charge >= 0.3 is 0 Å². The highest BCUT2D eigenvalue weighted by Gasteiger charge is 2.24. The lowest BCUT2D eigenvalue weighted by molar-refractivity contribution is -0.116. The van der Waals surface area contributed by atoms with Crippen molar-refractivity contribution in [2.45, 2.75) is 19.4 Å². The monoisotopic (exact) mass is 216 g/mol. The molecule has 3 heteroatoms. The summed E-state index contributed by atoms with van der Waals surface area (Å²) in [7, 11) is 0. The predicted octanol–water partition coefficient (Wildman–Crippen LogP) is 1.74. The summed E-state index contributed by atoms with van der Waals surface area (Å²) in [6.45, 7) is 3.00. The van der Waals surface area contributed by atoms with Crippen LogP contribution in [0.25, 0.3) is 0 Å². The van der Waals surface area contributed by atoms with E-state index >= 15 is 0 Å². The van der Waals surface area contributed by atoms with Crippen LogP contribution in [0.1, 0.15) is 24.9 Å². The van der Waals surface area contributed by atoms with Crippen molar-refractivity contribution in [3.8, 4) is 0 Å². The highest BCUT2D eigenvalue weighted by atomic mass is 16.1. The van der Waals surface area contributed by atoms with E-state index in [1.54, 1.807) is 6.08 Å². The second-order valence-electron chi connectivity index (χ2n) is 3.88. The highest BCUT2D eigenvalue weighted by Crippen LogP contribution is 2.23. The summed E-state index contributed by atoms with van der Waals surface area (Å²) in [4.78, 5) is 11.4. The van der Waals surface area contributed by atoms with Crippen molar-refractivity contribution in [1.29, 1.82) is 0 Å². The Morgan fingerprint density at radius 2 is 2.06 bits per heavy atom. The quantitative estimate of drug-likeness (QED) is 0.805. The van der Waals surface area contributed by atoms with Gasteiger partial charge in [0.1, 0.15) is 0 Å². The fourth-order valence-corrected chi connectivity index (χ4v) is 1.82. The Morgan fingerprint density at radius 3 is 2.75 bits per heavy atom. The van der Waals surface area contributed by atoms with Gasteiger partial charge in [-0.05, 0) is 12.0 Å². The van der Waals surface area contributed by atoms with Gasteiger partial charge in [-0.15, -0.1) is 0 Å². The summed E-state index contributed by atoms with van der Waals surface area (Å²) < 4.78 is 0. The molecule has 1 aliphatic heterocycles. The molecule has 2 rings (SSSR count). The molecule has 3 nitrogen and oxygen atoms in total. The molecule has 1 aliphatic rings. The van der Waals surface area contributed by atoms with Crippen molar-refractivity contribution < 1.29 is 4.79 Å². The molecule has 16 heavy (non-hydrogen) atoms. The van der Waals surface area contributed by atoms with E-state index in [-0.39, 0.29) is 11.9 Å². The van der Waals surface area contributed by atoms with E-state index in [2.05, 4.69) is 17.6 Å². The number of amides is 1. The number of benzene rings is 1. The molecule has 1 unspecified atom stereocenters. The summed E-state index contributed by atoms with van der Waals surface area (Å²) in [5, 5.41) is 6.22. The normalized spacial score (nSPS) is 19.2. The first-order chi connectivity index (χ1) is 7.81. The summed E-state index contributed by atoms with van der Waals surface area (Å²) in [5.74, 6) is -0.0209. The van der Waals surface area contributed by atoms with Crippen LogP contribution in [0.15, 0.2) is 42.1 Å². The van der Waals surface area contributed by atoms with Gasteiger partial charge < -0.3 is 10.6 Å². The molecule has 0 saturated heterocycles. The second kappa shape index (κ2) is 4.84. The number of carbonyl (C=O) groups is 1. The zero-order valence-corrected chi connectivity index (χ0v) is 9.36. The van der Waals surface area contributed by atoms with Crippen molar-refractivity contribution in [2.24, 2.45) is 0 Å². The van der Waals surface area contributed by atoms with Crippen LogP contribution in [0.5, 0.6) is 0 Å². The molecule has 0 aromatic heterocycles. The Kier molecular flexibility index (Phi) is 3.25. The number of nitrogens with one attached hydrogen (secondary N) is 2. The Balaban J connectivity index is 2.16. The third-order valence-corrected chi connectivity index (χ3v) is 2.60. The average Bonchev–Trinajstić information content (AvgIpc) is 2.69. The van der Waals surface area contributed by atoms with Crippen LogP contribution < -0.4 is 10.6 Å². The van der Waals surface area contributed by atoms with Crippen molar-refractivity contribution >= 4 is 5.91 Å². The van der Waals surface area contributed by atoms with Crippen LogP contribution in [-0.2, 0) is 4.79 Å². The zero-order valence-electron chi connectivity index (χ0n) is 9.36. The molecule has 0 spiro atoms. The molecule has 1 atom stereocenters. The number of rotatable bonds is 4. The van der Waals surface area contributed by atoms with Crippen molar-refractivity contribution in [3.63, 3.8) is 0 Å². The van der Waals surface area contributed by atoms with Gasteiger partial charge in [0.25, 0.3) is 0 Å². The lowest BCUT2D eigenvalue weighted by Gasteiger charge is -2.16. The topological polar surface area (TPSA) is 41.1 Å². The molecule has 1 aromatic rings. The van der Waals surface area contributed by atoms with E-state index < -0.39 is 0 Å². The van der Waals surface area contributed by atoms with Gasteiger partial charge in [-0.1, -0.05) is 37.3 Å². The molecular weight excluding hydrogens is 200 g/mol. The van der Waals surface area contributed by atoms with Gasteiger partial charge in [0.15, 0.2) is 0 Å². The minimum absolute atomic E-state index is 0.0137. The number of hydrogen-bond acceptors (Lipinski definition) is 2. The van der Waals surface area contributed by atoms with E-state index in [1.807, 2.05) is 30.3 Å². The lowest BCUT2D eigenvalue weighted by atomic mass is 10.1. The minimum atomic E-state index is -0.0209. The molecule has 0 saturated carbocycles. The maximum atomic E-state index is 11.4. The van der Waals surface area contributed by atoms with Gasteiger partial charge in [0, 0.05) is 18.3 Å². The fraction of sp³-hybridized carbons (Fsp3) is 0.308. The molecule has 1 amide bonds. The second-order valence-corrected chi connectivity index (χ2v) is 3.88. The fourth-order valence-electron chi connectivity index (χ4n) is 1.82. The molecule has 2 N–H and O–H groups in total. The molecule has 1 heterocycles. The van der Waals surface area contributed by atoms with Gasteiger partial charge in [0.2, 0.25) is 5.91 Å². The van der Waals surface area contributed by atoms with Crippen LogP contribution in [0.4, 0.5) is 0 Å². The Bertz CT molecular complexity index is 398. The molecule has 0 bridgehead atoms. The Hall–Kier alpha value is -1.77. The number of hydrogen-bond donors (Lipinski definition) is 2. The number of carbonyl (C=O) groups excluding carboxylic acids is 1. The summed E-state index contributed by atoms with van der Waals surface area (Å²) >= 11 is 0. The van der Waals surface area contributed by atoms with Gasteiger partial charge in [-0.2, -0.15) is 0 Å². The standard InChI is InChI=1S/C13H16N2O/c1-2-8-14-11-9-12(16)15-13(11)10-6-4-3-5-7-10/h3-7,9,13-14H,2,8H2,1H3,(H,15,16). The maximum Gasteiger partial charge on any atom is 0.246 e. The van der Waals surface area contributed by atoms with E-state index in [4.69, 9.17) is 0 Å². The summed E-state index contributed by atoms with van der Waals surface area (Å²) in [5.41, 5.74) is 2.08. The summed E-state index contributed by atoms with van der Waals surface area (Å²) in [6.07, 6.45) is 2.69. The molecular formula is C13H16N2O. The van der Waals surface area contributed by atoms with Crippen molar-refractivity contribution in [1.82, 2.24) is 10.6 Å². The third-order valence-electron chi connectivity index (χ3n) is 2.60. The van der Waals surface area contributed by atoms with E-state index in [9.17, 15) is 4.79 Å². The van der Waals surface area contributed by atoms with Gasteiger partial charge in [-0.25, -0.2) is 0 Å². The van der Waals surface area contributed by atoms with Crippen molar-refractivity contribution in [3.05, 3.63) is 47.7 Å². The zero-order chi connectivity index (χ0) is 11.4. The van der Waals surface area contributed by atoms with Crippen LogP contribution >= 0.6 is 0 Å². The Morgan fingerprint density at radius 1 is 1.31 bits per heavy atom. The van der Waals surface area contributed by atoms with Gasteiger partial charge in [-0.3, -0.25) is 4.79 Å². The first kappa shape index (κ1) is 10.7. The van der Waals surface area contributed by atoms with Crippen LogP contribution in [0.3, 0.4) is 0 Å². The van der Waals surface area contributed by atoms with Crippen molar-refractivity contribution in [2.75, 3.05) is 6.54 Å². The Labute approximate surface area is 95.6 Å². The summed E-state index contributed by atoms with van der Waals surface area (Å²) in [6, 6.07) is 9.98. The minimum Gasteiger partial charge on any atom is -0.386 e. The molecule has 84 valence electrons. The predicted molar refractivity (Wildman–Crippen MR) is 63.7 cm³/mol. The van der Waals surface area contributed by atoms with E-state index in [0.29, 0.717) is 0 Å². The third kappa shape index (κ3) is 2.24. The lowest BCUT2D eigenvalue weighted by Crippen LogP contribution is -2.25. The molecule has 1 aromatic carbocycles. The average molecular weight is 216 g/mol. The first-order valence-electron chi connectivity index (χ1n) is 5.62. The van der Waals surface area contributed by atoms with E-state index in [0.717, 1.165) is 24.2 Å². The van der Waals surface area contributed by atoms with Crippen LogP contribution in [-0.4, -0.2) is 12.5 Å². The molecule has 0 fully saturated rings. The molecule has 0 radical (unpaired) electrons. The molecule has 0 aliphatic carbocycles. The largest absolute Gasteiger partial charge is 0.386 e.